The van der Waals surface area contributed by atoms with Crippen LogP contribution in [0.15, 0.2) is 29.2 Å². The number of nitrogens with one attached hydrogen (secondary N) is 2. The number of carbonyl (C=O) groups is 2. The molecular weight excluding hydrogens is 316 g/mol. The van der Waals surface area contributed by atoms with Crippen LogP contribution in [0.1, 0.15) is 31.2 Å². The Kier molecular flexibility index (Phi) is 5.09. The Hall–Kier alpha value is -1.89. The van der Waals surface area contributed by atoms with Crippen molar-refractivity contribution in [1.82, 2.24) is 10.6 Å². The maximum atomic E-state index is 12.9. The van der Waals surface area contributed by atoms with Gasteiger partial charge < -0.3 is 10.6 Å². The van der Waals surface area contributed by atoms with E-state index in [1.54, 1.807) is 24.3 Å². The van der Waals surface area contributed by atoms with Crippen molar-refractivity contribution in [1.29, 1.82) is 0 Å². The lowest BCUT2D eigenvalue weighted by atomic mass is 9.83. The van der Waals surface area contributed by atoms with Gasteiger partial charge in [0.15, 0.2) is 14.6 Å². The van der Waals surface area contributed by atoms with Crippen molar-refractivity contribution in [3.8, 4) is 0 Å². The van der Waals surface area contributed by atoms with E-state index in [1.807, 2.05) is 6.92 Å². The minimum absolute atomic E-state index is 0.128. The molecule has 2 rings (SSSR count). The first-order chi connectivity index (χ1) is 10.8. The Morgan fingerprint density at radius 1 is 1.17 bits per heavy atom. The van der Waals surface area contributed by atoms with Crippen LogP contribution in [0, 0.1) is 6.92 Å². The van der Waals surface area contributed by atoms with Crippen LogP contribution in [-0.2, 0) is 19.4 Å². The van der Waals surface area contributed by atoms with E-state index in [2.05, 4.69) is 10.6 Å². The van der Waals surface area contributed by atoms with Gasteiger partial charge in [0, 0.05) is 20.0 Å². The van der Waals surface area contributed by atoms with Gasteiger partial charge in [0.2, 0.25) is 11.8 Å². The summed E-state index contributed by atoms with van der Waals surface area (Å²) in [5.74, 6) is -0.706. The summed E-state index contributed by atoms with van der Waals surface area (Å²) >= 11 is 0. The van der Waals surface area contributed by atoms with Gasteiger partial charge in [-0.3, -0.25) is 9.59 Å². The van der Waals surface area contributed by atoms with Crippen LogP contribution in [0.25, 0.3) is 0 Å². The molecule has 1 aromatic carbocycles. The zero-order valence-corrected chi connectivity index (χ0v) is 14.2. The molecule has 2 amide bonds. The lowest BCUT2D eigenvalue weighted by Crippen LogP contribution is -2.57. The fourth-order valence-electron chi connectivity index (χ4n) is 2.63. The fourth-order valence-corrected chi connectivity index (χ4v) is 4.72. The first kappa shape index (κ1) is 17.5. The molecule has 0 atom stereocenters. The maximum Gasteiger partial charge on any atom is 0.241 e. The number of aryl methyl sites for hydroxylation is 1. The van der Waals surface area contributed by atoms with E-state index in [-0.39, 0.29) is 23.8 Å². The lowest BCUT2D eigenvalue weighted by Gasteiger charge is -2.39. The van der Waals surface area contributed by atoms with Crippen LogP contribution in [0.2, 0.25) is 0 Å². The van der Waals surface area contributed by atoms with Crippen LogP contribution in [-0.4, -0.2) is 38.6 Å². The van der Waals surface area contributed by atoms with Gasteiger partial charge in [0.1, 0.15) is 0 Å². The molecule has 0 radical (unpaired) electrons. The highest BCUT2D eigenvalue weighted by molar-refractivity contribution is 7.93. The van der Waals surface area contributed by atoms with Crippen LogP contribution < -0.4 is 10.6 Å². The third-order valence-corrected chi connectivity index (χ3v) is 6.85. The van der Waals surface area contributed by atoms with E-state index in [4.69, 9.17) is 0 Å². The Balaban J connectivity index is 2.17. The lowest BCUT2D eigenvalue weighted by molar-refractivity contribution is -0.126. The minimum Gasteiger partial charge on any atom is -0.359 e. The Morgan fingerprint density at radius 2 is 1.78 bits per heavy atom. The summed E-state index contributed by atoms with van der Waals surface area (Å²) < 4.78 is 24.4. The van der Waals surface area contributed by atoms with Crippen molar-refractivity contribution in [3.63, 3.8) is 0 Å². The van der Waals surface area contributed by atoms with Crippen LogP contribution in [0.4, 0.5) is 0 Å². The molecule has 2 N–H and O–H groups in total. The maximum absolute atomic E-state index is 12.9. The van der Waals surface area contributed by atoms with Gasteiger partial charge in [0.25, 0.3) is 0 Å². The third kappa shape index (κ3) is 3.24. The van der Waals surface area contributed by atoms with E-state index in [0.717, 1.165) is 5.56 Å². The normalized spacial score (nSPS) is 16.3. The standard InChI is InChI=1S/C16H22N2O4S/c1-12-4-6-13(7-5-12)23(21,22)16(9-3-10-16)15(20)18-11-8-14(19)17-2/h4-7H,3,8-11H2,1-2H3,(H,17,19)(H,18,20). The predicted molar refractivity (Wildman–Crippen MR) is 86.6 cm³/mol. The van der Waals surface area contributed by atoms with Gasteiger partial charge in [-0.05, 0) is 38.3 Å². The molecule has 1 saturated carbocycles. The second-order valence-corrected chi connectivity index (χ2v) is 8.10. The number of benzene rings is 1. The number of rotatable bonds is 6. The molecule has 0 spiro atoms. The van der Waals surface area contributed by atoms with Crippen molar-refractivity contribution in [3.05, 3.63) is 29.8 Å². The molecule has 0 bridgehead atoms. The monoisotopic (exact) mass is 338 g/mol. The zero-order valence-electron chi connectivity index (χ0n) is 13.4. The van der Waals surface area contributed by atoms with Gasteiger partial charge in [-0.25, -0.2) is 8.42 Å². The Bertz CT molecular complexity index is 691. The van der Waals surface area contributed by atoms with E-state index in [1.165, 1.54) is 7.05 Å². The van der Waals surface area contributed by atoms with E-state index < -0.39 is 20.5 Å². The molecule has 1 aromatic rings. The first-order valence-corrected chi connectivity index (χ1v) is 9.12. The van der Waals surface area contributed by atoms with E-state index >= 15 is 0 Å². The Morgan fingerprint density at radius 3 is 2.26 bits per heavy atom. The smallest absolute Gasteiger partial charge is 0.241 e. The molecule has 0 saturated heterocycles. The molecule has 0 unspecified atom stereocenters. The number of hydrogen-bond donors (Lipinski definition) is 2. The summed E-state index contributed by atoms with van der Waals surface area (Å²) in [6.07, 6.45) is 1.46. The summed E-state index contributed by atoms with van der Waals surface area (Å²) in [6, 6.07) is 6.54. The Labute approximate surface area is 136 Å². The average Bonchev–Trinajstić information content (AvgIpc) is 2.46. The molecule has 1 aliphatic carbocycles. The van der Waals surface area contributed by atoms with Gasteiger partial charge in [0.05, 0.1) is 4.90 Å². The largest absolute Gasteiger partial charge is 0.359 e. The topological polar surface area (TPSA) is 92.3 Å². The highest BCUT2D eigenvalue weighted by Crippen LogP contribution is 2.43. The highest BCUT2D eigenvalue weighted by Gasteiger charge is 2.55. The zero-order chi connectivity index (χ0) is 17.1. The van der Waals surface area contributed by atoms with Crippen molar-refractivity contribution in [2.45, 2.75) is 42.2 Å². The van der Waals surface area contributed by atoms with Crippen molar-refractivity contribution in [2.75, 3.05) is 13.6 Å². The molecule has 1 aliphatic rings. The predicted octanol–water partition coefficient (Wildman–Crippen LogP) is 0.944. The van der Waals surface area contributed by atoms with Crippen LogP contribution in [0.5, 0.6) is 0 Å². The quantitative estimate of drug-likeness (QED) is 0.807. The van der Waals surface area contributed by atoms with E-state index in [9.17, 15) is 18.0 Å². The molecule has 0 aliphatic heterocycles. The van der Waals surface area contributed by atoms with Crippen molar-refractivity contribution < 1.29 is 18.0 Å². The third-order valence-electron chi connectivity index (χ3n) is 4.34. The van der Waals surface area contributed by atoms with Crippen molar-refractivity contribution in [2.24, 2.45) is 0 Å². The molecule has 126 valence electrons. The van der Waals surface area contributed by atoms with Gasteiger partial charge >= 0.3 is 0 Å². The number of amides is 2. The summed E-state index contributed by atoms with van der Waals surface area (Å²) in [7, 11) is -2.24. The second-order valence-electron chi connectivity index (χ2n) is 5.84. The summed E-state index contributed by atoms with van der Waals surface area (Å²) in [4.78, 5) is 23.8. The molecule has 23 heavy (non-hydrogen) atoms. The average molecular weight is 338 g/mol. The highest BCUT2D eigenvalue weighted by atomic mass is 32.2. The SMILES string of the molecule is CNC(=O)CCNC(=O)C1(S(=O)(=O)c2ccc(C)cc2)CCC1. The van der Waals surface area contributed by atoms with Crippen LogP contribution >= 0.6 is 0 Å². The van der Waals surface area contributed by atoms with Gasteiger partial charge in [-0.1, -0.05) is 17.7 Å². The molecule has 1 fully saturated rings. The fraction of sp³-hybridized carbons (Fsp3) is 0.500. The second kappa shape index (κ2) is 6.70. The molecule has 0 heterocycles. The van der Waals surface area contributed by atoms with Crippen LogP contribution in [0.3, 0.4) is 0 Å². The number of sulfone groups is 1. The minimum atomic E-state index is -3.75. The molecule has 7 heteroatoms. The molecule has 6 nitrogen and oxygen atoms in total. The van der Waals surface area contributed by atoms with Gasteiger partial charge in [-0.2, -0.15) is 0 Å². The number of carbonyl (C=O) groups excluding carboxylic acids is 2. The number of hydrogen-bond acceptors (Lipinski definition) is 4. The van der Waals surface area contributed by atoms with Gasteiger partial charge in [-0.15, -0.1) is 0 Å². The van der Waals surface area contributed by atoms with Crippen molar-refractivity contribution >= 4 is 21.7 Å². The molecule has 0 aromatic heterocycles. The van der Waals surface area contributed by atoms with E-state index in [0.29, 0.717) is 19.3 Å². The summed E-state index contributed by atoms with van der Waals surface area (Å²) in [5, 5.41) is 5.06. The summed E-state index contributed by atoms with van der Waals surface area (Å²) in [5.41, 5.74) is 0.960. The molecular formula is C16H22N2O4S. The first-order valence-electron chi connectivity index (χ1n) is 7.64. The summed E-state index contributed by atoms with van der Waals surface area (Å²) in [6.45, 7) is 2.00.